The van der Waals surface area contributed by atoms with E-state index in [1.165, 1.54) is 38.5 Å². The molecule has 0 radical (unpaired) electrons. The molecule has 18 heavy (non-hydrogen) atoms. The second-order valence-electron chi connectivity index (χ2n) is 5.81. The molecule has 0 spiro atoms. The Kier molecular flexibility index (Phi) is 8.70. The molecule has 0 saturated heterocycles. The van der Waals surface area contributed by atoms with Crippen molar-refractivity contribution in [3.63, 3.8) is 0 Å². The highest BCUT2D eigenvalue weighted by Gasteiger charge is 2.26. The first-order valence-corrected chi connectivity index (χ1v) is 8.12. The summed E-state index contributed by atoms with van der Waals surface area (Å²) in [4.78, 5) is 0. The Bertz CT molecular complexity index is 188. The Hall–Kier alpha value is -0.0800. The van der Waals surface area contributed by atoms with Crippen LogP contribution < -0.4 is 5.32 Å². The topological polar surface area (TPSA) is 21.3 Å². The van der Waals surface area contributed by atoms with Crippen LogP contribution in [-0.2, 0) is 4.74 Å². The molecule has 1 rings (SSSR count). The molecular formula is C16H33NO. The van der Waals surface area contributed by atoms with Crippen LogP contribution >= 0.6 is 0 Å². The van der Waals surface area contributed by atoms with Crippen molar-refractivity contribution in [2.45, 2.75) is 71.8 Å². The van der Waals surface area contributed by atoms with E-state index < -0.39 is 0 Å². The first-order chi connectivity index (χ1) is 8.81. The summed E-state index contributed by atoms with van der Waals surface area (Å²) in [6.07, 6.45) is 9.59. The molecule has 0 bridgehead atoms. The van der Waals surface area contributed by atoms with Crippen LogP contribution in [0.1, 0.15) is 65.7 Å². The Balaban J connectivity index is 2.30. The van der Waals surface area contributed by atoms with Gasteiger partial charge < -0.3 is 10.1 Å². The molecule has 1 fully saturated rings. The first-order valence-electron chi connectivity index (χ1n) is 8.12. The minimum Gasteiger partial charge on any atom is -0.380 e. The van der Waals surface area contributed by atoms with Crippen LogP contribution in [-0.4, -0.2) is 25.8 Å². The number of hydrogen-bond donors (Lipinski definition) is 1. The van der Waals surface area contributed by atoms with Gasteiger partial charge in [0, 0.05) is 12.6 Å². The van der Waals surface area contributed by atoms with Crippen LogP contribution in [0.4, 0.5) is 0 Å². The van der Waals surface area contributed by atoms with Gasteiger partial charge in [0.2, 0.25) is 0 Å². The van der Waals surface area contributed by atoms with Crippen LogP contribution in [0.3, 0.4) is 0 Å². The predicted molar refractivity (Wildman–Crippen MR) is 78.9 cm³/mol. The van der Waals surface area contributed by atoms with Crippen LogP contribution in [0, 0.1) is 11.8 Å². The molecule has 1 saturated carbocycles. The van der Waals surface area contributed by atoms with Gasteiger partial charge in [-0.3, -0.25) is 0 Å². The zero-order valence-electron chi connectivity index (χ0n) is 12.7. The average molecular weight is 255 g/mol. The van der Waals surface area contributed by atoms with E-state index in [0.29, 0.717) is 6.04 Å². The molecule has 0 aromatic heterocycles. The third kappa shape index (κ3) is 5.71. The molecule has 0 aromatic rings. The molecule has 1 unspecified atom stereocenters. The number of ether oxygens (including phenoxy) is 1. The van der Waals surface area contributed by atoms with Gasteiger partial charge in [-0.2, -0.15) is 0 Å². The maximum atomic E-state index is 5.76. The fourth-order valence-electron chi connectivity index (χ4n) is 3.27. The zero-order chi connectivity index (χ0) is 13.2. The van der Waals surface area contributed by atoms with Gasteiger partial charge >= 0.3 is 0 Å². The van der Waals surface area contributed by atoms with E-state index in [-0.39, 0.29) is 0 Å². The summed E-state index contributed by atoms with van der Waals surface area (Å²) in [6, 6.07) is 0.587. The molecule has 2 heteroatoms. The molecule has 1 aliphatic rings. The number of nitrogens with one attached hydrogen (secondary N) is 1. The molecule has 108 valence electrons. The summed E-state index contributed by atoms with van der Waals surface area (Å²) in [5.74, 6) is 1.85. The van der Waals surface area contributed by atoms with Gasteiger partial charge in [-0.25, -0.2) is 0 Å². The molecule has 0 aromatic carbocycles. The Morgan fingerprint density at radius 3 is 2.33 bits per heavy atom. The maximum absolute atomic E-state index is 5.76. The highest BCUT2D eigenvalue weighted by atomic mass is 16.5. The van der Waals surface area contributed by atoms with Crippen molar-refractivity contribution < 1.29 is 4.74 Å². The Morgan fingerprint density at radius 1 is 1.06 bits per heavy atom. The van der Waals surface area contributed by atoms with Crippen LogP contribution in [0.25, 0.3) is 0 Å². The number of likely N-dealkylation sites (N-methyl/N-ethyl adjacent to an activating group) is 1. The van der Waals surface area contributed by atoms with E-state index >= 15 is 0 Å². The molecule has 0 aliphatic heterocycles. The van der Waals surface area contributed by atoms with Crippen LogP contribution in [0.2, 0.25) is 0 Å². The van der Waals surface area contributed by atoms with Crippen molar-refractivity contribution in [3.8, 4) is 0 Å². The normalized spacial score (nSPS) is 26.2. The maximum Gasteiger partial charge on any atom is 0.0622 e. The largest absolute Gasteiger partial charge is 0.380 e. The van der Waals surface area contributed by atoms with E-state index in [0.717, 1.165) is 38.0 Å². The summed E-state index contributed by atoms with van der Waals surface area (Å²) in [5.41, 5.74) is 0. The molecule has 1 aliphatic carbocycles. The second-order valence-corrected chi connectivity index (χ2v) is 5.81. The summed E-state index contributed by atoms with van der Waals surface area (Å²) in [6.45, 7) is 9.58. The lowest BCUT2D eigenvalue weighted by molar-refractivity contribution is 0.0799. The fraction of sp³-hybridized carbons (Fsp3) is 1.00. The van der Waals surface area contributed by atoms with Gasteiger partial charge in [0.15, 0.2) is 0 Å². The minimum atomic E-state index is 0.587. The van der Waals surface area contributed by atoms with Crippen LogP contribution in [0.5, 0.6) is 0 Å². The third-order valence-corrected chi connectivity index (χ3v) is 4.27. The lowest BCUT2D eigenvalue weighted by Gasteiger charge is -2.34. The third-order valence-electron chi connectivity index (χ3n) is 4.27. The standard InChI is InChI=1S/C16H33NO/c1-4-7-14-8-10-15(11-9-14)16(17-6-3)13-18-12-5-2/h14-17H,4-13H2,1-3H3. The molecule has 1 atom stereocenters. The minimum absolute atomic E-state index is 0.587. The van der Waals surface area contributed by atoms with Crippen molar-refractivity contribution in [3.05, 3.63) is 0 Å². The van der Waals surface area contributed by atoms with Gasteiger partial charge in [0.25, 0.3) is 0 Å². The average Bonchev–Trinajstić information content (AvgIpc) is 2.39. The molecule has 0 heterocycles. The van der Waals surface area contributed by atoms with Gasteiger partial charge in [0.1, 0.15) is 0 Å². The monoisotopic (exact) mass is 255 g/mol. The van der Waals surface area contributed by atoms with Crippen LogP contribution in [0.15, 0.2) is 0 Å². The van der Waals surface area contributed by atoms with Crippen molar-refractivity contribution in [2.24, 2.45) is 11.8 Å². The van der Waals surface area contributed by atoms with Gasteiger partial charge in [0.05, 0.1) is 6.61 Å². The van der Waals surface area contributed by atoms with E-state index in [9.17, 15) is 0 Å². The Morgan fingerprint density at radius 2 is 1.78 bits per heavy atom. The van der Waals surface area contributed by atoms with Gasteiger partial charge in [-0.05, 0) is 37.6 Å². The predicted octanol–water partition coefficient (Wildman–Crippen LogP) is 4.00. The quantitative estimate of drug-likeness (QED) is 0.629. The summed E-state index contributed by atoms with van der Waals surface area (Å²) in [7, 11) is 0. The van der Waals surface area contributed by atoms with Gasteiger partial charge in [-0.1, -0.05) is 46.5 Å². The van der Waals surface area contributed by atoms with Crippen molar-refractivity contribution in [1.29, 1.82) is 0 Å². The highest BCUT2D eigenvalue weighted by molar-refractivity contribution is 4.81. The van der Waals surface area contributed by atoms with E-state index in [2.05, 4.69) is 26.1 Å². The number of hydrogen-bond acceptors (Lipinski definition) is 2. The second kappa shape index (κ2) is 9.80. The van der Waals surface area contributed by atoms with Crippen molar-refractivity contribution in [2.75, 3.05) is 19.8 Å². The fourth-order valence-corrected chi connectivity index (χ4v) is 3.27. The smallest absolute Gasteiger partial charge is 0.0622 e. The first kappa shape index (κ1) is 16.0. The summed E-state index contributed by atoms with van der Waals surface area (Å²) in [5, 5.41) is 3.63. The lowest BCUT2D eigenvalue weighted by Crippen LogP contribution is -2.41. The zero-order valence-corrected chi connectivity index (χ0v) is 12.7. The SMILES string of the molecule is CCCOCC(NCC)C1CCC(CCC)CC1. The summed E-state index contributed by atoms with van der Waals surface area (Å²) < 4.78 is 5.76. The number of rotatable bonds is 9. The van der Waals surface area contributed by atoms with E-state index in [4.69, 9.17) is 4.74 Å². The Labute approximate surface area is 114 Å². The molecule has 0 amide bonds. The molecule has 1 N–H and O–H groups in total. The molecule has 2 nitrogen and oxygen atoms in total. The summed E-state index contributed by atoms with van der Waals surface area (Å²) >= 11 is 0. The van der Waals surface area contributed by atoms with E-state index in [1.54, 1.807) is 0 Å². The highest BCUT2D eigenvalue weighted by Crippen LogP contribution is 2.33. The van der Waals surface area contributed by atoms with E-state index in [1.807, 2.05) is 0 Å². The van der Waals surface area contributed by atoms with Crippen molar-refractivity contribution >= 4 is 0 Å². The van der Waals surface area contributed by atoms with Gasteiger partial charge in [-0.15, -0.1) is 0 Å². The lowest BCUT2D eigenvalue weighted by atomic mass is 9.77. The molecular weight excluding hydrogens is 222 g/mol. The van der Waals surface area contributed by atoms with Crippen molar-refractivity contribution in [1.82, 2.24) is 5.32 Å².